The van der Waals surface area contributed by atoms with E-state index in [1.165, 1.54) is 59.4 Å². The Bertz CT molecular complexity index is 621. The summed E-state index contributed by atoms with van der Waals surface area (Å²) >= 11 is 12.0. The zero-order valence-corrected chi connectivity index (χ0v) is 15.4. The Morgan fingerprint density at radius 1 is 0.542 bits per heavy atom. The molecule has 3 aliphatic heterocycles. The Kier molecular flexibility index (Phi) is 4.34. The van der Waals surface area contributed by atoms with E-state index in [-0.39, 0.29) is 0 Å². The van der Waals surface area contributed by atoms with Gasteiger partial charge in [-0.3, -0.25) is 0 Å². The molecule has 3 saturated heterocycles. The van der Waals surface area contributed by atoms with Crippen molar-refractivity contribution in [3.05, 3.63) is 69.7 Å². The molecule has 0 saturated carbocycles. The number of piperazine rings is 3. The van der Waals surface area contributed by atoms with Crippen molar-refractivity contribution in [3.8, 4) is 0 Å². The first-order chi connectivity index (χ1) is 11.6. The SMILES string of the molecule is Clc1ccc(C[N+]23CC[N+](Cc4ccc(Cl)cc4)(CC2)CC3)cc1. The molecule has 0 unspecified atom stereocenters. The third-order valence-electron chi connectivity index (χ3n) is 6.01. The van der Waals surface area contributed by atoms with Crippen LogP contribution in [0.2, 0.25) is 10.0 Å². The first-order valence-electron chi connectivity index (χ1n) is 8.76. The van der Waals surface area contributed by atoms with Crippen LogP contribution in [0.4, 0.5) is 0 Å². The molecule has 0 aliphatic carbocycles. The van der Waals surface area contributed by atoms with Crippen LogP contribution >= 0.6 is 23.2 Å². The highest BCUT2D eigenvalue weighted by Gasteiger charge is 2.48. The number of rotatable bonds is 4. The number of fused-ring (bicyclic) bond motifs is 3. The molecule has 24 heavy (non-hydrogen) atoms. The molecule has 126 valence electrons. The summed E-state index contributed by atoms with van der Waals surface area (Å²) in [6.07, 6.45) is 0. The number of hydrogen-bond donors (Lipinski definition) is 0. The fourth-order valence-electron chi connectivity index (χ4n) is 4.37. The maximum absolute atomic E-state index is 6.02. The first kappa shape index (κ1) is 16.4. The standard InChI is InChI=1S/C20H24Cl2N2/c21-19-5-1-17(2-6-19)15-23-9-12-24(13-10-23,14-11-23)16-18-3-7-20(22)8-4-18/h1-8H,9-16H2/q+2. The zero-order valence-electron chi connectivity index (χ0n) is 13.9. The van der Waals surface area contributed by atoms with Crippen LogP contribution < -0.4 is 0 Å². The number of hydrogen-bond acceptors (Lipinski definition) is 0. The van der Waals surface area contributed by atoms with Crippen molar-refractivity contribution >= 4 is 23.2 Å². The smallest absolute Gasteiger partial charge is 0.129 e. The van der Waals surface area contributed by atoms with Gasteiger partial charge in [-0.1, -0.05) is 47.5 Å². The van der Waals surface area contributed by atoms with Crippen LogP contribution in [0.3, 0.4) is 0 Å². The van der Waals surface area contributed by atoms with Gasteiger partial charge in [-0.25, -0.2) is 0 Å². The van der Waals surface area contributed by atoms with E-state index in [9.17, 15) is 0 Å². The second-order valence-corrected chi connectivity index (χ2v) is 8.47. The highest BCUT2D eigenvalue weighted by Crippen LogP contribution is 2.31. The van der Waals surface area contributed by atoms with Gasteiger partial charge in [0.25, 0.3) is 0 Å². The molecule has 4 heteroatoms. The number of benzene rings is 2. The summed E-state index contributed by atoms with van der Waals surface area (Å²) in [5, 5.41) is 1.66. The van der Waals surface area contributed by atoms with Crippen molar-refractivity contribution in [2.75, 3.05) is 39.3 Å². The Labute approximate surface area is 154 Å². The van der Waals surface area contributed by atoms with Gasteiger partial charge in [0.15, 0.2) is 0 Å². The molecule has 0 amide bonds. The van der Waals surface area contributed by atoms with E-state index < -0.39 is 0 Å². The van der Waals surface area contributed by atoms with Crippen molar-refractivity contribution in [1.82, 2.24) is 0 Å². The molecular formula is C20H24Cl2N2+2. The predicted molar refractivity (Wildman–Crippen MR) is 100 cm³/mol. The van der Waals surface area contributed by atoms with E-state index >= 15 is 0 Å². The van der Waals surface area contributed by atoms with Gasteiger partial charge in [0.1, 0.15) is 52.4 Å². The lowest BCUT2D eigenvalue weighted by Crippen LogP contribution is -2.74. The summed E-state index contributed by atoms with van der Waals surface area (Å²) in [6.45, 7) is 10.0. The van der Waals surface area contributed by atoms with Crippen LogP contribution in [0.25, 0.3) is 0 Å². The number of halogens is 2. The van der Waals surface area contributed by atoms with Gasteiger partial charge in [-0.2, -0.15) is 0 Å². The molecule has 2 bridgehead atoms. The summed E-state index contributed by atoms with van der Waals surface area (Å²) in [4.78, 5) is 0. The second kappa shape index (κ2) is 6.34. The van der Waals surface area contributed by atoms with Gasteiger partial charge < -0.3 is 8.97 Å². The van der Waals surface area contributed by atoms with Crippen molar-refractivity contribution < 1.29 is 8.97 Å². The lowest BCUT2D eigenvalue weighted by Gasteiger charge is -2.55. The fourth-order valence-corrected chi connectivity index (χ4v) is 4.62. The van der Waals surface area contributed by atoms with E-state index in [2.05, 4.69) is 24.3 Å². The monoisotopic (exact) mass is 362 g/mol. The first-order valence-corrected chi connectivity index (χ1v) is 9.51. The average Bonchev–Trinajstić information content (AvgIpc) is 2.61. The molecule has 3 fully saturated rings. The van der Waals surface area contributed by atoms with Gasteiger partial charge in [0.2, 0.25) is 0 Å². The van der Waals surface area contributed by atoms with E-state index in [0.29, 0.717) is 0 Å². The van der Waals surface area contributed by atoms with Crippen LogP contribution in [-0.4, -0.2) is 48.2 Å². The molecule has 0 aromatic heterocycles. The molecule has 5 rings (SSSR count). The van der Waals surface area contributed by atoms with Gasteiger partial charge in [-0.05, 0) is 24.3 Å². The van der Waals surface area contributed by atoms with E-state index in [1.807, 2.05) is 24.3 Å². The van der Waals surface area contributed by atoms with Crippen molar-refractivity contribution in [3.63, 3.8) is 0 Å². The minimum Gasteiger partial charge on any atom is -0.306 e. The third-order valence-corrected chi connectivity index (χ3v) is 6.51. The lowest BCUT2D eigenvalue weighted by atomic mass is 10.0. The lowest BCUT2D eigenvalue weighted by molar-refractivity contribution is -1.09. The normalized spacial score (nSPS) is 28.9. The van der Waals surface area contributed by atoms with Gasteiger partial charge in [0, 0.05) is 21.2 Å². The highest BCUT2D eigenvalue weighted by molar-refractivity contribution is 6.30. The van der Waals surface area contributed by atoms with Gasteiger partial charge >= 0.3 is 0 Å². The van der Waals surface area contributed by atoms with Crippen LogP contribution in [0.1, 0.15) is 11.1 Å². The molecule has 2 nitrogen and oxygen atoms in total. The molecule has 3 aliphatic rings. The van der Waals surface area contributed by atoms with E-state index in [1.54, 1.807) is 0 Å². The molecule has 0 radical (unpaired) electrons. The number of quaternary nitrogens is 2. The summed E-state index contributed by atoms with van der Waals surface area (Å²) in [5.74, 6) is 0. The zero-order chi connectivity index (χ0) is 16.6. The molecule has 0 spiro atoms. The van der Waals surface area contributed by atoms with Crippen LogP contribution in [0, 0.1) is 0 Å². The number of nitrogens with zero attached hydrogens (tertiary/aromatic N) is 2. The van der Waals surface area contributed by atoms with Gasteiger partial charge in [0.05, 0.1) is 0 Å². The molecule has 0 N–H and O–H groups in total. The van der Waals surface area contributed by atoms with Crippen molar-refractivity contribution in [2.24, 2.45) is 0 Å². The summed E-state index contributed by atoms with van der Waals surface area (Å²) in [5.41, 5.74) is 2.83. The molecule has 2 aromatic carbocycles. The Morgan fingerprint density at radius 3 is 1.12 bits per heavy atom. The average molecular weight is 363 g/mol. The van der Waals surface area contributed by atoms with Crippen LogP contribution in [0.15, 0.2) is 48.5 Å². The van der Waals surface area contributed by atoms with E-state index in [4.69, 9.17) is 23.2 Å². The topological polar surface area (TPSA) is 0 Å². The Balaban J connectivity index is 1.43. The summed E-state index contributed by atoms with van der Waals surface area (Å²) in [7, 11) is 0. The van der Waals surface area contributed by atoms with Crippen molar-refractivity contribution in [1.29, 1.82) is 0 Å². The molecule has 3 heterocycles. The van der Waals surface area contributed by atoms with Crippen molar-refractivity contribution in [2.45, 2.75) is 13.1 Å². The summed E-state index contributed by atoms with van der Waals surface area (Å²) in [6, 6.07) is 16.8. The summed E-state index contributed by atoms with van der Waals surface area (Å²) < 4.78 is 2.50. The molecular weight excluding hydrogens is 339 g/mol. The predicted octanol–water partition coefficient (Wildman–Crippen LogP) is 4.35. The third kappa shape index (κ3) is 3.34. The van der Waals surface area contributed by atoms with Gasteiger partial charge in [-0.15, -0.1) is 0 Å². The minimum atomic E-state index is 0.828. The van der Waals surface area contributed by atoms with E-state index in [0.717, 1.165) is 23.1 Å². The molecule has 0 atom stereocenters. The highest BCUT2D eigenvalue weighted by atomic mass is 35.5. The van der Waals surface area contributed by atoms with Crippen LogP contribution in [0.5, 0.6) is 0 Å². The fraction of sp³-hybridized carbons (Fsp3) is 0.400. The van der Waals surface area contributed by atoms with Crippen LogP contribution in [-0.2, 0) is 13.1 Å². The Hall–Kier alpha value is -1.06. The Morgan fingerprint density at radius 2 is 0.833 bits per heavy atom. The largest absolute Gasteiger partial charge is 0.306 e. The minimum absolute atomic E-state index is 0.828. The molecule has 2 aromatic rings. The quantitative estimate of drug-likeness (QED) is 0.709. The maximum Gasteiger partial charge on any atom is 0.129 e. The maximum atomic E-state index is 6.02. The second-order valence-electron chi connectivity index (χ2n) is 7.59.